The van der Waals surface area contributed by atoms with Crippen molar-refractivity contribution >= 4 is 64.2 Å². The number of carbonyl (C=O) groups excluding carboxylic acids is 7. The second-order valence-electron chi connectivity index (χ2n) is 18.2. The lowest BCUT2D eigenvalue weighted by atomic mass is 9.94. The zero-order valence-electron chi connectivity index (χ0n) is 41.9. The molecule has 0 spiro atoms. The molecule has 0 radical (unpaired) electrons. The number of carboxylic acid groups (broad SMARTS) is 2. The van der Waals surface area contributed by atoms with E-state index in [0.29, 0.717) is 22.9 Å². The van der Waals surface area contributed by atoms with Gasteiger partial charge in [0.1, 0.15) is 35.9 Å². The van der Waals surface area contributed by atoms with E-state index in [9.17, 15) is 53.4 Å². The van der Waals surface area contributed by atoms with Crippen molar-refractivity contribution in [2.45, 2.75) is 116 Å². The standard InChI is InChI=1S/C52H68N8O12/c1-10-37-49(66)56-38(21-20-28(2)24-29(3)42(72-9)25-34-16-12-11-13-17-34)30(4)45(62)57-40(51(68)69)22-23-43(61)60(8)33(7)48(65)54-32(6)47(64)58-41(26-35-27-53-39-19-15-14-18-36(35)39)50(67)59-44(52(70)71)31(5)46(63)55-37/h11-21,24,27,29-32,37-38,40-42,44,53H,7,10,22-23,25-26H2,1-6,8-9H3,(H,54,65)(H,55,63)(H,56,66)(H,57,62)(H,58,64)(H,59,67)(H,68,69)(H,70,71)/b21-20+,28-24+/t29-,30-,31-,32+,37-,38-,40+,41?,42-,44+/m0/s1. The van der Waals surface area contributed by atoms with Crippen LogP contribution >= 0.6 is 0 Å². The van der Waals surface area contributed by atoms with Crippen LogP contribution < -0.4 is 31.9 Å². The maximum Gasteiger partial charge on any atom is 0.327 e. The molecule has 0 bridgehead atoms. The molecule has 9 N–H and O–H groups in total. The molecule has 2 aromatic carbocycles. The number of fused-ring (bicyclic) bond motifs is 1. The molecule has 1 aliphatic heterocycles. The SMILES string of the molecule is C=C1C(=O)N[C@H](C)C(=O)NC(Cc2c[nH]c3ccccc23)C(=O)N[C@@H](C(=O)O)[C@H](C)C(=O)N[C@@H](CC)C(=O)N[C@@H](/C=C/C(C)=C/[C@H](C)[C@H](Cc2ccccc2)OC)[C@H](C)C(=O)N[C@@H](C(=O)O)CCC(=O)N1C. The third-order valence-corrected chi connectivity index (χ3v) is 12.8. The summed E-state index contributed by atoms with van der Waals surface area (Å²) in [5.74, 6) is -11.9. The van der Waals surface area contributed by atoms with Crippen LogP contribution in [0, 0.1) is 17.8 Å². The first-order valence-electron chi connectivity index (χ1n) is 23.8. The number of nitrogens with zero attached hydrogens (tertiary/aromatic N) is 1. The summed E-state index contributed by atoms with van der Waals surface area (Å²) in [7, 11) is 2.84. The van der Waals surface area contributed by atoms with Crippen molar-refractivity contribution in [2.75, 3.05) is 14.2 Å². The lowest BCUT2D eigenvalue weighted by Gasteiger charge is -2.28. The van der Waals surface area contributed by atoms with Crippen molar-refractivity contribution in [3.63, 3.8) is 0 Å². The summed E-state index contributed by atoms with van der Waals surface area (Å²) < 4.78 is 5.81. The number of aromatic nitrogens is 1. The molecular weight excluding hydrogens is 929 g/mol. The van der Waals surface area contributed by atoms with E-state index in [1.54, 1.807) is 56.6 Å². The molecule has 4 rings (SSSR count). The smallest absolute Gasteiger partial charge is 0.327 e. The molecule has 20 nitrogen and oxygen atoms in total. The molecule has 1 unspecified atom stereocenters. The number of carbonyl (C=O) groups is 9. The summed E-state index contributed by atoms with van der Waals surface area (Å²) in [5.41, 5.74) is 2.68. The molecule has 7 amide bonds. The molecule has 3 aromatic rings. The molecule has 1 aliphatic rings. The number of rotatable bonds is 12. The molecule has 1 saturated heterocycles. The Hall–Kier alpha value is -7.61. The predicted molar refractivity (Wildman–Crippen MR) is 267 cm³/mol. The summed E-state index contributed by atoms with van der Waals surface area (Å²) in [5, 5.41) is 36.4. The molecular formula is C52H68N8O12. The van der Waals surface area contributed by atoms with Crippen LogP contribution in [0.1, 0.15) is 71.9 Å². The van der Waals surface area contributed by atoms with Crippen LogP contribution in [0.15, 0.2) is 96.9 Å². The highest BCUT2D eigenvalue weighted by atomic mass is 16.5. The van der Waals surface area contributed by atoms with Gasteiger partial charge in [-0.2, -0.15) is 0 Å². The topological polar surface area (TPSA) is 295 Å². The zero-order valence-corrected chi connectivity index (χ0v) is 41.9. The van der Waals surface area contributed by atoms with Gasteiger partial charge in [-0.3, -0.25) is 33.6 Å². The van der Waals surface area contributed by atoms with Crippen LogP contribution in [0.2, 0.25) is 0 Å². The summed E-state index contributed by atoms with van der Waals surface area (Å²) in [4.78, 5) is 126. The first-order valence-corrected chi connectivity index (χ1v) is 23.8. The Bertz CT molecular complexity index is 2540. The van der Waals surface area contributed by atoms with Gasteiger partial charge in [0.15, 0.2) is 0 Å². The van der Waals surface area contributed by atoms with Gasteiger partial charge in [0.25, 0.3) is 5.91 Å². The number of nitrogens with one attached hydrogen (secondary N) is 7. The van der Waals surface area contributed by atoms with Crippen LogP contribution in [0.3, 0.4) is 0 Å². The number of amides is 7. The zero-order chi connectivity index (χ0) is 53.4. The van der Waals surface area contributed by atoms with Gasteiger partial charge >= 0.3 is 11.9 Å². The van der Waals surface area contributed by atoms with E-state index in [4.69, 9.17) is 4.74 Å². The fraction of sp³-hybridized carbons (Fsp3) is 0.442. The number of ether oxygens (including phenoxy) is 1. The normalized spacial score (nSPS) is 25.2. The number of carboxylic acids is 2. The fourth-order valence-corrected chi connectivity index (χ4v) is 8.06. The van der Waals surface area contributed by atoms with Crippen molar-refractivity contribution < 1.29 is 58.1 Å². The number of methoxy groups -OCH3 is 1. The second kappa shape index (κ2) is 26.6. The largest absolute Gasteiger partial charge is 0.480 e. The lowest BCUT2D eigenvalue weighted by molar-refractivity contribution is -0.146. The van der Waals surface area contributed by atoms with Crippen molar-refractivity contribution in [3.8, 4) is 0 Å². The van der Waals surface area contributed by atoms with E-state index < -0.39 is 120 Å². The number of aromatic amines is 1. The number of allylic oxidation sites excluding steroid dienone is 2. The molecule has 0 aliphatic carbocycles. The van der Waals surface area contributed by atoms with E-state index in [1.807, 2.05) is 50.3 Å². The Balaban J connectivity index is 1.71. The highest BCUT2D eigenvalue weighted by molar-refractivity contribution is 6.00. The van der Waals surface area contributed by atoms with Crippen LogP contribution in [-0.2, 0) is 60.7 Å². The quantitative estimate of drug-likeness (QED) is 0.0936. The predicted octanol–water partition coefficient (Wildman–Crippen LogP) is 2.65. The van der Waals surface area contributed by atoms with Gasteiger partial charge in [0.2, 0.25) is 35.4 Å². The lowest BCUT2D eigenvalue weighted by Crippen LogP contribution is -2.59. The summed E-state index contributed by atoms with van der Waals surface area (Å²) in [6.07, 6.45) is 6.17. The summed E-state index contributed by atoms with van der Waals surface area (Å²) in [6.45, 7) is 13.1. The Morgan fingerprint density at radius 3 is 2.07 bits per heavy atom. The Morgan fingerprint density at radius 1 is 0.806 bits per heavy atom. The van der Waals surface area contributed by atoms with Gasteiger partial charge in [-0.15, -0.1) is 0 Å². The minimum absolute atomic E-state index is 0.00883. The molecule has 20 heteroatoms. The Kier molecular flexibility index (Phi) is 21.0. The van der Waals surface area contributed by atoms with Gasteiger partial charge < -0.3 is 56.7 Å². The van der Waals surface area contributed by atoms with Crippen LogP contribution in [0.5, 0.6) is 0 Å². The molecule has 388 valence electrons. The molecule has 2 heterocycles. The van der Waals surface area contributed by atoms with Crippen LogP contribution in [0.4, 0.5) is 0 Å². The minimum Gasteiger partial charge on any atom is -0.480 e. The average Bonchev–Trinajstić information content (AvgIpc) is 3.76. The van der Waals surface area contributed by atoms with Crippen molar-refractivity contribution in [2.24, 2.45) is 17.8 Å². The number of benzene rings is 2. The first kappa shape index (κ1) is 57.0. The summed E-state index contributed by atoms with van der Waals surface area (Å²) in [6, 6.07) is 8.21. The number of hydrogen-bond acceptors (Lipinski definition) is 10. The van der Waals surface area contributed by atoms with Crippen molar-refractivity contribution in [3.05, 3.63) is 108 Å². The van der Waals surface area contributed by atoms with E-state index in [1.165, 1.54) is 27.8 Å². The second-order valence-corrected chi connectivity index (χ2v) is 18.2. The van der Waals surface area contributed by atoms with Crippen LogP contribution in [-0.4, -0.2) is 130 Å². The Labute approximate surface area is 418 Å². The highest BCUT2D eigenvalue weighted by Crippen LogP contribution is 2.21. The van der Waals surface area contributed by atoms with Gasteiger partial charge in [0.05, 0.1) is 24.0 Å². The Morgan fingerprint density at radius 2 is 1.43 bits per heavy atom. The van der Waals surface area contributed by atoms with Crippen LogP contribution in [0.25, 0.3) is 10.9 Å². The monoisotopic (exact) mass is 996 g/mol. The number of hydrogen-bond donors (Lipinski definition) is 9. The maximum absolute atomic E-state index is 14.1. The van der Waals surface area contributed by atoms with Crippen molar-refractivity contribution in [1.29, 1.82) is 0 Å². The van der Waals surface area contributed by atoms with Gasteiger partial charge in [-0.25, -0.2) is 9.59 Å². The van der Waals surface area contributed by atoms with E-state index in [2.05, 4.69) is 43.5 Å². The third-order valence-electron chi connectivity index (χ3n) is 12.8. The third kappa shape index (κ3) is 15.7. The maximum atomic E-state index is 14.1. The highest BCUT2D eigenvalue weighted by Gasteiger charge is 2.37. The molecule has 0 saturated carbocycles. The molecule has 1 aromatic heterocycles. The van der Waals surface area contributed by atoms with Gasteiger partial charge in [0, 0.05) is 50.0 Å². The van der Waals surface area contributed by atoms with E-state index in [0.717, 1.165) is 16.0 Å². The number of H-pyrrole nitrogens is 1. The van der Waals surface area contributed by atoms with Gasteiger partial charge in [-0.05, 0) is 50.3 Å². The first-order chi connectivity index (χ1) is 34.1. The molecule has 72 heavy (non-hydrogen) atoms. The van der Waals surface area contributed by atoms with Crippen molar-refractivity contribution in [1.82, 2.24) is 41.8 Å². The van der Waals surface area contributed by atoms with E-state index >= 15 is 0 Å². The molecule has 10 atom stereocenters. The van der Waals surface area contributed by atoms with Gasteiger partial charge in [-0.1, -0.05) is 107 Å². The number of likely N-dealkylation sites (N-methyl/N-ethyl adjacent to an activating group) is 1. The number of para-hydroxylation sites is 1. The number of aliphatic carboxylic acids is 2. The van der Waals surface area contributed by atoms with E-state index in [-0.39, 0.29) is 24.9 Å². The average molecular weight is 997 g/mol. The summed E-state index contributed by atoms with van der Waals surface area (Å²) >= 11 is 0. The molecule has 1 fully saturated rings. The fourth-order valence-electron chi connectivity index (χ4n) is 8.06. The minimum atomic E-state index is -1.88.